The van der Waals surface area contributed by atoms with Crippen molar-refractivity contribution in [2.45, 2.75) is 6.04 Å². The predicted octanol–water partition coefficient (Wildman–Crippen LogP) is 0.001000. The Labute approximate surface area is 90.5 Å². The van der Waals surface area contributed by atoms with Gasteiger partial charge in [0.2, 0.25) is 0 Å². The summed E-state index contributed by atoms with van der Waals surface area (Å²) in [6.07, 6.45) is 0. The van der Waals surface area contributed by atoms with Gasteiger partial charge in [-0.3, -0.25) is 4.79 Å². The molecule has 1 unspecified atom stereocenters. The molecule has 0 fully saturated rings. The summed E-state index contributed by atoms with van der Waals surface area (Å²) in [5.74, 6) is -2.70. The maximum absolute atomic E-state index is 12.8. The molecule has 0 heterocycles. The molecule has 0 bridgehead atoms. The molecular weight excluding hydrogens is 217 g/mol. The average molecular weight is 227 g/mol. The molecule has 0 saturated heterocycles. The number of carbonyl (C=O) groups is 2. The van der Waals surface area contributed by atoms with E-state index < -0.39 is 30.3 Å². The Kier molecular flexibility index (Phi) is 3.96. The molecule has 0 aromatic heterocycles. The van der Waals surface area contributed by atoms with Crippen molar-refractivity contribution in [2.24, 2.45) is 0 Å². The van der Waals surface area contributed by atoms with Gasteiger partial charge in [0.15, 0.2) is 6.04 Å². The first-order valence-corrected chi connectivity index (χ1v) is 4.44. The number of hydrogen-bond donors (Lipinski definition) is 3. The van der Waals surface area contributed by atoms with Crippen LogP contribution in [0.1, 0.15) is 10.4 Å². The quantitative estimate of drug-likeness (QED) is 0.675. The molecule has 1 rings (SSSR count). The topological polar surface area (TPSA) is 86.6 Å². The van der Waals surface area contributed by atoms with Gasteiger partial charge in [-0.05, 0) is 18.2 Å². The molecule has 1 atom stereocenters. The maximum Gasteiger partial charge on any atom is 0.328 e. The van der Waals surface area contributed by atoms with E-state index in [1.807, 2.05) is 0 Å². The van der Waals surface area contributed by atoms with Gasteiger partial charge in [0.1, 0.15) is 5.82 Å². The van der Waals surface area contributed by atoms with Crippen molar-refractivity contribution in [3.05, 3.63) is 35.6 Å². The molecule has 0 aliphatic heterocycles. The Morgan fingerprint density at radius 3 is 2.62 bits per heavy atom. The molecule has 0 saturated carbocycles. The van der Waals surface area contributed by atoms with Gasteiger partial charge in [0.05, 0.1) is 6.61 Å². The van der Waals surface area contributed by atoms with E-state index in [4.69, 9.17) is 10.2 Å². The monoisotopic (exact) mass is 227 g/mol. The van der Waals surface area contributed by atoms with Crippen molar-refractivity contribution in [1.29, 1.82) is 0 Å². The van der Waals surface area contributed by atoms with Gasteiger partial charge < -0.3 is 15.5 Å². The highest BCUT2D eigenvalue weighted by molar-refractivity contribution is 5.96. The van der Waals surface area contributed by atoms with E-state index in [0.717, 1.165) is 12.1 Å². The van der Waals surface area contributed by atoms with E-state index in [1.165, 1.54) is 12.1 Å². The molecule has 6 heteroatoms. The number of aliphatic carboxylic acids is 1. The van der Waals surface area contributed by atoms with Crippen LogP contribution < -0.4 is 5.32 Å². The Bertz CT molecular complexity index is 408. The second kappa shape index (κ2) is 5.22. The van der Waals surface area contributed by atoms with Crippen molar-refractivity contribution in [2.75, 3.05) is 6.61 Å². The third kappa shape index (κ3) is 3.03. The molecule has 86 valence electrons. The molecule has 3 N–H and O–H groups in total. The molecule has 1 aromatic rings. The predicted molar refractivity (Wildman–Crippen MR) is 52.4 cm³/mol. The number of aliphatic hydroxyl groups is 1. The molecule has 1 amide bonds. The number of aliphatic hydroxyl groups excluding tert-OH is 1. The van der Waals surface area contributed by atoms with Gasteiger partial charge in [0, 0.05) is 5.56 Å². The summed E-state index contributed by atoms with van der Waals surface area (Å²) in [5, 5.41) is 19.3. The van der Waals surface area contributed by atoms with Crippen LogP contribution in [0.4, 0.5) is 4.39 Å². The number of carboxylic acids is 1. The Morgan fingerprint density at radius 2 is 2.12 bits per heavy atom. The number of benzene rings is 1. The van der Waals surface area contributed by atoms with Crippen LogP contribution in [0.15, 0.2) is 24.3 Å². The SMILES string of the molecule is O=C(NC(CO)C(=O)O)c1cccc(F)c1. The largest absolute Gasteiger partial charge is 0.480 e. The van der Waals surface area contributed by atoms with Gasteiger partial charge in [-0.25, -0.2) is 9.18 Å². The van der Waals surface area contributed by atoms with Crippen molar-refractivity contribution in [3.63, 3.8) is 0 Å². The summed E-state index contributed by atoms with van der Waals surface area (Å²) < 4.78 is 12.8. The number of carbonyl (C=O) groups excluding carboxylic acids is 1. The van der Waals surface area contributed by atoms with Crippen LogP contribution in [0.25, 0.3) is 0 Å². The number of halogens is 1. The zero-order chi connectivity index (χ0) is 12.1. The fourth-order valence-electron chi connectivity index (χ4n) is 1.06. The van der Waals surface area contributed by atoms with E-state index in [0.29, 0.717) is 0 Å². The zero-order valence-electron chi connectivity index (χ0n) is 8.18. The lowest BCUT2D eigenvalue weighted by Gasteiger charge is -2.11. The molecule has 0 aliphatic rings. The summed E-state index contributed by atoms with van der Waals surface area (Å²) in [6, 6.07) is 3.42. The van der Waals surface area contributed by atoms with Gasteiger partial charge in [0.25, 0.3) is 5.91 Å². The van der Waals surface area contributed by atoms with Gasteiger partial charge in [-0.2, -0.15) is 0 Å². The summed E-state index contributed by atoms with van der Waals surface area (Å²) >= 11 is 0. The van der Waals surface area contributed by atoms with Crippen LogP contribution in [-0.2, 0) is 4.79 Å². The number of rotatable bonds is 4. The first-order valence-electron chi connectivity index (χ1n) is 4.44. The summed E-state index contributed by atoms with van der Waals surface area (Å²) in [6.45, 7) is -0.726. The van der Waals surface area contributed by atoms with E-state index in [2.05, 4.69) is 5.32 Å². The van der Waals surface area contributed by atoms with Crippen molar-refractivity contribution in [3.8, 4) is 0 Å². The number of carboxylic acid groups (broad SMARTS) is 1. The van der Waals surface area contributed by atoms with Crippen molar-refractivity contribution < 1.29 is 24.2 Å². The number of nitrogens with one attached hydrogen (secondary N) is 1. The van der Waals surface area contributed by atoms with Gasteiger partial charge in [-0.15, -0.1) is 0 Å². The minimum Gasteiger partial charge on any atom is -0.480 e. The normalized spacial score (nSPS) is 11.9. The lowest BCUT2D eigenvalue weighted by Crippen LogP contribution is -2.43. The maximum atomic E-state index is 12.8. The fourth-order valence-corrected chi connectivity index (χ4v) is 1.06. The highest BCUT2D eigenvalue weighted by Crippen LogP contribution is 2.03. The molecule has 0 aliphatic carbocycles. The lowest BCUT2D eigenvalue weighted by molar-refractivity contribution is -0.140. The number of hydrogen-bond acceptors (Lipinski definition) is 3. The van der Waals surface area contributed by atoms with E-state index >= 15 is 0 Å². The van der Waals surface area contributed by atoms with Crippen LogP contribution >= 0.6 is 0 Å². The summed E-state index contributed by atoms with van der Waals surface area (Å²) in [4.78, 5) is 21.9. The van der Waals surface area contributed by atoms with Crippen LogP contribution in [0, 0.1) is 5.82 Å². The average Bonchev–Trinajstić information content (AvgIpc) is 2.25. The molecular formula is C10H10FNO4. The van der Waals surface area contributed by atoms with Gasteiger partial charge >= 0.3 is 5.97 Å². The summed E-state index contributed by atoms with van der Waals surface area (Å²) in [5.41, 5.74) is -0.000278. The minimum absolute atomic E-state index is 0.000278. The second-order valence-corrected chi connectivity index (χ2v) is 3.06. The van der Waals surface area contributed by atoms with Crippen molar-refractivity contribution in [1.82, 2.24) is 5.32 Å². The second-order valence-electron chi connectivity index (χ2n) is 3.06. The Morgan fingerprint density at radius 1 is 1.44 bits per heavy atom. The van der Waals surface area contributed by atoms with Crippen molar-refractivity contribution >= 4 is 11.9 Å². The smallest absolute Gasteiger partial charge is 0.328 e. The highest BCUT2D eigenvalue weighted by Gasteiger charge is 2.19. The standard InChI is InChI=1S/C10H10FNO4/c11-7-3-1-2-6(4-7)9(14)12-8(5-13)10(15)16/h1-4,8,13H,5H2,(H,12,14)(H,15,16). The number of amides is 1. The lowest BCUT2D eigenvalue weighted by atomic mass is 10.2. The Balaban J connectivity index is 2.75. The third-order valence-electron chi connectivity index (χ3n) is 1.87. The highest BCUT2D eigenvalue weighted by atomic mass is 19.1. The van der Waals surface area contributed by atoms with E-state index in [9.17, 15) is 14.0 Å². The molecule has 5 nitrogen and oxygen atoms in total. The third-order valence-corrected chi connectivity index (χ3v) is 1.87. The van der Waals surface area contributed by atoms with Crippen LogP contribution in [0.2, 0.25) is 0 Å². The van der Waals surface area contributed by atoms with Crippen LogP contribution in [0.3, 0.4) is 0 Å². The molecule has 0 spiro atoms. The van der Waals surface area contributed by atoms with E-state index in [-0.39, 0.29) is 5.56 Å². The molecule has 0 radical (unpaired) electrons. The zero-order valence-corrected chi connectivity index (χ0v) is 8.18. The fraction of sp³-hybridized carbons (Fsp3) is 0.200. The first kappa shape index (κ1) is 12.1. The minimum atomic E-state index is -1.39. The van der Waals surface area contributed by atoms with Crippen LogP contribution in [0.5, 0.6) is 0 Å². The molecule has 1 aromatic carbocycles. The van der Waals surface area contributed by atoms with Crippen LogP contribution in [-0.4, -0.2) is 34.7 Å². The van der Waals surface area contributed by atoms with E-state index in [1.54, 1.807) is 0 Å². The first-order chi connectivity index (χ1) is 7.54. The van der Waals surface area contributed by atoms with Gasteiger partial charge in [-0.1, -0.05) is 6.07 Å². The Hall–Kier alpha value is -1.95. The summed E-state index contributed by atoms with van der Waals surface area (Å²) in [7, 11) is 0. The molecule has 16 heavy (non-hydrogen) atoms.